The summed E-state index contributed by atoms with van der Waals surface area (Å²) in [4.78, 5) is 15.2. The van der Waals surface area contributed by atoms with E-state index in [-0.39, 0.29) is 5.69 Å². The van der Waals surface area contributed by atoms with E-state index in [0.717, 1.165) is 0 Å². The first-order valence-electron chi connectivity index (χ1n) is 4.21. The van der Waals surface area contributed by atoms with Gasteiger partial charge in [0, 0.05) is 29.5 Å². The van der Waals surface area contributed by atoms with Gasteiger partial charge in [0.15, 0.2) is 5.75 Å². The summed E-state index contributed by atoms with van der Waals surface area (Å²) in [6, 6.07) is 5.70. The smallest absolute Gasteiger partial charge is 0.269 e. The molecule has 0 unspecified atom stereocenters. The molecule has 0 fully saturated rings. The number of hydrogen-bond acceptors (Lipinski definition) is 7. The maximum Gasteiger partial charge on any atom is 0.269 e. The van der Waals surface area contributed by atoms with Gasteiger partial charge in [-0.2, -0.15) is 0 Å². The summed E-state index contributed by atoms with van der Waals surface area (Å²) in [6.45, 7) is 0. The number of rotatable bonds is 3. The molecule has 0 saturated carbocycles. The molecule has 1 heterocycles. The molecular weight excluding hydrogens is 232 g/mol. The molecule has 8 heteroatoms. The van der Waals surface area contributed by atoms with Crippen molar-refractivity contribution in [2.75, 3.05) is 0 Å². The van der Waals surface area contributed by atoms with Crippen molar-refractivity contribution in [3.05, 3.63) is 46.0 Å². The lowest BCUT2D eigenvalue weighted by molar-refractivity contribution is -0.384. The van der Waals surface area contributed by atoms with E-state index >= 15 is 0 Å². The Balaban J connectivity index is 2.02. The molecule has 0 amide bonds. The minimum atomic E-state index is -0.470. The Morgan fingerprint density at radius 1 is 1.38 bits per heavy atom. The summed E-state index contributed by atoms with van der Waals surface area (Å²) in [7, 11) is 0. The molecule has 1 aliphatic rings. The van der Waals surface area contributed by atoms with Crippen molar-refractivity contribution in [3.63, 3.8) is 0 Å². The average Bonchev–Trinajstić information content (AvgIpc) is 2.31. The lowest BCUT2D eigenvalue weighted by Gasteiger charge is -2.14. The molecule has 0 radical (unpaired) electrons. The van der Waals surface area contributed by atoms with Gasteiger partial charge in [0.25, 0.3) is 5.69 Å². The molecule has 0 atom stereocenters. The van der Waals surface area contributed by atoms with Gasteiger partial charge >= 0.3 is 0 Å². The summed E-state index contributed by atoms with van der Waals surface area (Å²) < 4.78 is 1.20. The first-order valence-corrected chi connectivity index (χ1v) is 5.04. The summed E-state index contributed by atoms with van der Waals surface area (Å²) >= 11 is 1.20. The molecule has 16 heavy (non-hydrogen) atoms. The fraction of sp³-hybridized carbons (Fsp3) is 0. The largest absolute Gasteiger partial charge is 0.350 e. The molecule has 0 bridgehead atoms. The molecule has 0 spiro atoms. The van der Waals surface area contributed by atoms with Gasteiger partial charge in [-0.1, -0.05) is 0 Å². The molecule has 82 valence electrons. The first kappa shape index (κ1) is 10.4. The molecule has 1 aromatic carbocycles. The normalized spacial score (nSPS) is 13.9. The number of nitrogens with zero attached hydrogens (tertiary/aromatic N) is 4. The molecule has 2 rings (SSSR count). The second-order valence-corrected chi connectivity index (χ2v) is 3.47. The van der Waals surface area contributed by atoms with Gasteiger partial charge in [-0.25, -0.2) is 0 Å². The second kappa shape index (κ2) is 4.62. The molecular formula is C8H6N4O3S. The second-order valence-electron chi connectivity index (χ2n) is 2.68. The molecule has 7 nitrogen and oxygen atoms in total. The van der Waals surface area contributed by atoms with E-state index in [1.807, 2.05) is 0 Å². The topological polar surface area (TPSA) is 80.3 Å². The predicted molar refractivity (Wildman–Crippen MR) is 57.2 cm³/mol. The van der Waals surface area contributed by atoms with Crippen LogP contribution < -0.4 is 4.84 Å². The molecule has 1 aromatic rings. The van der Waals surface area contributed by atoms with Crippen molar-refractivity contribution in [3.8, 4) is 5.75 Å². The third-order valence-electron chi connectivity index (χ3n) is 1.63. The van der Waals surface area contributed by atoms with Crippen LogP contribution in [0.2, 0.25) is 0 Å². The van der Waals surface area contributed by atoms with Crippen LogP contribution in [-0.4, -0.2) is 9.50 Å². The fourth-order valence-corrected chi connectivity index (χ4v) is 1.38. The van der Waals surface area contributed by atoms with Gasteiger partial charge in [-0.15, -0.1) is 5.11 Å². The zero-order valence-electron chi connectivity index (χ0n) is 7.89. The maximum atomic E-state index is 10.4. The highest BCUT2D eigenvalue weighted by atomic mass is 32.2. The van der Waals surface area contributed by atoms with Crippen LogP contribution in [-0.2, 0) is 0 Å². The van der Waals surface area contributed by atoms with E-state index in [2.05, 4.69) is 10.3 Å². The van der Waals surface area contributed by atoms with E-state index in [1.54, 1.807) is 5.41 Å². The van der Waals surface area contributed by atoms with Crippen LogP contribution in [0.25, 0.3) is 0 Å². The van der Waals surface area contributed by atoms with E-state index in [9.17, 15) is 10.1 Å². The zero-order valence-corrected chi connectivity index (χ0v) is 8.70. The highest BCUT2D eigenvalue weighted by molar-refractivity contribution is 7.99. The monoisotopic (exact) mass is 238 g/mol. The van der Waals surface area contributed by atoms with Crippen molar-refractivity contribution in [2.45, 2.75) is 0 Å². The summed E-state index contributed by atoms with van der Waals surface area (Å²) in [6.07, 6.45) is 1.53. The van der Waals surface area contributed by atoms with Crippen molar-refractivity contribution in [1.29, 1.82) is 0 Å². The number of non-ortho nitro benzene ring substituents is 1. The Hall–Kier alpha value is -2.09. The third-order valence-corrected chi connectivity index (χ3v) is 2.21. The van der Waals surface area contributed by atoms with Crippen LogP contribution in [0, 0.1) is 10.1 Å². The van der Waals surface area contributed by atoms with Gasteiger partial charge in [0.05, 0.1) is 11.1 Å². The first-order chi connectivity index (χ1) is 7.75. The quantitative estimate of drug-likeness (QED) is 0.459. The highest BCUT2D eigenvalue weighted by Crippen LogP contribution is 2.23. The summed E-state index contributed by atoms with van der Waals surface area (Å²) in [5, 5.41) is 19.4. The summed E-state index contributed by atoms with van der Waals surface area (Å²) in [5.74, 6) is 0.451. The van der Waals surface area contributed by atoms with Crippen molar-refractivity contribution >= 4 is 17.6 Å². The number of benzene rings is 1. The standard InChI is InChI=1S/C8H6N4O3S/c13-11(14)7-1-3-8(4-2-7)15-12-10-9-5-6-16-12/h1-6H. The molecule has 0 aliphatic carbocycles. The lowest BCUT2D eigenvalue weighted by Crippen LogP contribution is -2.12. The Labute approximate surface area is 94.6 Å². The van der Waals surface area contributed by atoms with Gasteiger partial charge in [-0.3, -0.25) is 10.1 Å². The molecule has 1 aliphatic heterocycles. The summed E-state index contributed by atoms with van der Waals surface area (Å²) in [5.41, 5.74) is 0.0140. The van der Waals surface area contributed by atoms with E-state index < -0.39 is 4.92 Å². The zero-order chi connectivity index (χ0) is 11.4. The van der Waals surface area contributed by atoms with Crippen molar-refractivity contribution < 1.29 is 9.76 Å². The van der Waals surface area contributed by atoms with Crippen LogP contribution in [0.4, 0.5) is 5.69 Å². The Bertz CT molecular complexity index is 445. The van der Waals surface area contributed by atoms with Gasteiger partial charge in [0.2, 0.25) is 0 Å². The van der Waals surface area contributed by atoms with Crippen LogP contribution in [0.3, 0.4) is 0 Å². The number of hydrogen-bond donors (Lipinski definition) is 0. The van der Waals surface area contributed by atoms with Crippen LogP contribution in [0.5, 0.6) is 5.75 Å². The van der Waals surface area contributed by atoms with Crippen LogP contribution >= 0.6 is 11.9 Å². The third kappa shape index (κ3) is 2.48. The Kier molecular flexibility index (Phi) is 3.01. The van der Waals surface area contributed by atoms with Crippen LogP contribution in [0.1, 0.15) is 0 Å². The number of nitro groups is 1. The van der Waals surface area contributed by atoms with Gasteiger partial charge in [0.1, 0.15) is 0 Å². The minimum Gasteiger partial charge on any atom is -0.350 e. The maximum absolute atomic E-state index is 10.4. The van der Waals surface area contributed by atoms with E-state index in [0.29, 0.717) is 5.75 Å². The predicted octanol–water partition coefficient (Wildman–Crippen LogP) is 2.69. The van der Waals surface area contributed by atoms with Crippen molar-refractivity contribution in [2.24, 2.45) is 10.3 Å². The SMILES string of the molecule is O=[N+]([O-])c1ccc(ON2N=NC=CS2)cc1. The lowest BCUT2D eigenvalue weighted by atomic mass is 10.3. The molecule has 0 aromatic heterocycles. The Morgan fingerprint density at radius 2 is 2.12 bits per heavy atom. The minimum absolute atomic E-state index is 0.0140. The Morgan fingerprint density at radius 3 is 2.69 bits per heavy atom. The van der Waals surface area contributed by atoms with E-state index in [1.165, 1.54) is 47.0 Å². The van der Waals surface area contributed by atoms with Crippen molar-refractivity contribution in [1.82, 2.24) is 4.58 Å². The number of nitro benzene ring substituents is 1. The average molecular weight is 238 g/mol. The highest BCUT2D eigenvalue weighted by Gasteiger charge is 2.08. The molecule has 0 N–H and O–H groups in total. The van der Waals surface area contributed by atoms with Gasteiger partial charge in [-0.05, 0) is 21.9 Å². The van der Waals surface area contributed by atoms with E-state index in [4.69, 9.17) is 4.84 Å². The fourth-order valence-electron chi connectivity index (χ4n) is 0.958. The van der Waals surface area contributed by atoms with Gasteiger partial charge < -0.3 is 4.84 Å². The van der Waals surface area contributed by atoms with Crippen LogP contribution in [0.15, 0.2) is 46.2 Å². The molecule has 0 saturated heterocycles.